The Hall–Kier alpha value is -1.01. The molecule has 1 heterocycles. The first kappa shape index (κ1) is 16.4. The van der Waals surface area contributed by atoms with Crippen LogP contribution in [0.15, 0.2) is 17.2 Å². The third kappa shape index (κ3) is 4.23. The fourth-order valence-corrected chi connectivity index (χ4v) is 3.54. The Morgan fingerprint density at radius 2 is 2.00 bits per heavy atom. The average molecular weight is 333 g/mol. The number of aryl methyl sites for hydroxylation is 1. The third-order valence-corrected chi connectivity index (χ3v) is 5.50. The molecule has 1 saturated carbocycles. The van der Waals surface area contributed by atoms with Crippen LogP contribution in [0.3, 0.4) is 0 Å². The number of carbonyl (C=O) groups excluding carboxylic acids is 1. The summed E-state index contributed by atoms with van der Waals surface area (Å²) in [5.74, 6) is 1.03. The Kier molecular flexibility index (Phi) is 4.99. The third-order valence-electron chi connectivity index (χ3n) is 4.18. The van der Waals surface area contributed by atoms with Gasteiger partial charge in [-0.1, -0.05) is 19.8 Å². The highest BCUT2D eigenvalue weighted by Crippen LogP contribution is 2.27. The predicted octanol–water partition coefficient (Wildman–Crippen LogP) is 2.51. The maximum Gasteiger partial charge on any atom is 0.267 e. The van der Waals surface area contributed by atoms with Crippen LogP contribution < -0.4 is 5.32 Å². The number of hydrogen-bond acceptors (Lipinski definition) is 3. The zero-order valence-corrected chi connectivity index (χ0v) is 13.9. The molecule has 118 valence electrons. The van der Waals surface area contributed by atoms with Crippen LogP contribution in [0.25, 0.3) is 0 Å². The highest BCUT2D eigenvalue weighted by atomic mass is 35.7. The van der Waals surface area contributed by atoms with Gasteiger partial charge in [0.1, 0.15) is 10.6 Å². The van der Waals surface area contributed by atoms with Gasteiger partial charge < -0.3 is 9.88 Å². The second-order valence-corrected chi connectivity index (χ2v) is 8.51. The van der Waals surface area contributed by atoms with E-state index in [1.807, 2.05) is 0 Å². The molecule has 21 heavy (non-hydrogen) atoms. The topological polar surface area (TPSA) is 68.2 Å². The number of nitrogens with zero attached hydrogens (tertiary/aromatic N) is 1. The molecule has 1 amide bonds. The summed E-state index contributed by atoms with van der Waals surface area (Å²) < 4.78 is 24.0. The van der Waals surface area contributed by atoms with E-state index in [1.54, 1.807) is 7.05 Å². The number of halogens is 1. The summed E-state index contributed by atoms with van der Waals surface area (Å²) in [5, 5.41) is 2.89. The van der Waals surface area contributed by atoms with E-state index in [0.29, 0.717) is 18.2 Å². The molecule has 0 aliphatic heterocycles. The normalized spacial score (nSPS) is 23.0. The van der Waals surface area contributed by atoms with Gasteiger partial charge in [0, 0.05) is 30.5 Å². The maximum absolute atomic E-state index is 12.1. The van der Waals surface area contributed by atoms with E-state index in [-0.39, 0.29) is 10.8 Å². The van der Waals surface area contributed by atoms with Gasteiger partial charge in [0.25, 0.3) is 15.0 Å². The Labute approximate surface area is 130 Å². The highest BCUT2D eigenvalue weighted by Gasteiger charge is 2.21. The van der Waals surface area contributed by atoms with Crippen LogP contribution in [0.2, 0.25) is 0 Å². The standard InChI is InChI=1S/C14H21ClN2O3S/c1-10-3-5-11(6-4-10)8-16-14(18)13-7-12(9-17(13)2)21(15,19)20/h7,9-11H,3-6,8H2,1-2H3,(H,16,18). The zero-order chi connectivity index (χ0) is 15.6. The lowest BCUT2D eigenvalue weighted by Crippen LogP contribution is -2.32. The minimum absolute atomic E-state index is 0.0525. The molecule has 1 aromatic rings. The molecule has 0 atom stereocenters. The summed E-state index contributed by atoms with van der Waals surface area (Å²) in [6, 6.07) is 1.31. The van der Waals surface area contributed by atoms with Crippen molar-refractivity contribution in [3.8, 4) is 0 Å². The van der Waals surface area contributed by atoms with Crippen molar-refractivity contribution >= 4 is 25.6 Å². The molecular weight excluding hydrogens is 312 g/mol. The van der Waals surface area contributed by atoms with Crippen LogP contribution >= 0.6 is 10.7 Å². The molecule has 0 radical (unpaired) electrons. The molecule has 1 aliphatic carbocycles. The van der Waals surface area contributed by atoms with Crippen LogP contribution in [0.4, 0.5) is 0 Å². The van der Waals surface area contributed by atoms with E-state index in [9.17, 15) is 13.2 Å². The molecular formula is C14H21ClN2O3S. The van der Waals surface area contributed by atoms with Crippen molar-refractivity contribution in [1.82, 2.24) is 9.88 Å². The zero-order valence-electron chi connectivity index (χ0n) is 12.3. The van der Waals surface area contributed by atoms with Crippen LogP contribution in [-0.2, 0) is 16.1 Å². The van der Waals surface area contributed by atoms with Gasteiger partial charge >= 0.3 is 0 Å². The number of nitrogens with one attached hydrogen (secondary N) is 1. The summed E-state index contributed by atoms with van der Waals surface area (Å²) in [7, 11) is 3.11. The monoisotopic (exact) mass is 332 g/mol. The number of carbonyl (C=O) groups is 1. The quantitative estimate of drug-likeness (QED) is 0.861. The predicted molar refractivity (Wildman–Crippen MR) is 81.9 cm³/mol. The smallest absolute Gasteiger partial charge is 0.267 e. The van der Waals surface area contributed by atoms with E-state index in [4.69, 9.17) is 10.7 Å². The second-order valence-electron chi connectivity index (χ2n) is 5.95. The fourth-order valence-electron chi connectivity index (χ4n) is 2.75. The van der Waals surface area contributed by atoms with Crippen molar-refractivity contribution in [2.75, 3.05) is 6.54 Å². The summed E-state index contributed by atoms with van der Waals surface area (Å²) in [5.41, 5.74) is 0.304. The van der Waals surface area contributed by atoms with E-state index < -0.39 is 9.05 Å². The molecule has 5 nitrogen and oxygen atoms in total. The van der Waals surface area contributed by atoms with Crippen molar-refractivity contribution < 1.29 is 13.2 Å². The van der Waals surface area contributed by atoms with Gasteiger partial charge in [-0.25, -0.2) is 8.42 Å². The Bertz CT molecular complexity index is 616. The van der Waals surface area contributed by atoms with E-state index in [0.717, 1.165) is 18.8 Å². The lowest BCUT2D eigenvalue weighted by atomic mass is 9.83. The van der Waals surface area contributed by atoms with Crippen molar-refractivity contribution in [2.45, 2.75) is 37.5 Å². The van der Waals surface area contributed by atoms with Gasteiger partial charge in [-0.2, -0.15) is 0 Å². The molecule has 7 heteroatoms. The first-order valence-corrected chi connectivity index (χ1v) is 9.47. The van der Waals surface area contributed by atoms with Gasteiger partial charge in [-0.15, -0.1) is 0 Å². The molecule has 1 aliphatic rings. The molecule has 0 aromatic carbocycles. The Morgan fingerprint density at radius 3 is 2.52 bits per heavy atom. The first-order valence-electron chi connectivity index (χ1n) is 7.16. The van der Waals surface area contributed by atoms with Gasteiger partial charge in [0.15, 0.2) is 0 Å². The molecule has 2 rings (SSSR count). The molecule has 0 saturated heterocycles. The van der Waals surface area contributed by atoms with E-state index in [1.165, 1.54) is 29.7 Å². The number of hydrogen-bond donors (Lipinski definition) is 1. The van der Waals surface area contributed by atoms with Crippen LogP contribution in [0, 0.1) is 11.8 Å². The largest absolute Gasteiger partial charge is 0.350 e. The summed E-state index contributed by atoms with van der Waals surface area (Å²) >= 11 is 0. The Balaban J connectivity index is 1.96. The van der Waals surface area contributed by atoms with Crippen LogP contribution in [0.5, 0.6) is 0 Å². The average Bonchev–Trinajstić information content (AvgIpc) is 2.80. The summed E-state index contributed by atoms with van der Waals surface area (Å²) in [6.07, 6.45) is 6.03. The lowest BCUT2D eigenvalue weighted by molar-refractivity contribution is 0.0933. The van der Waals surface area contributed by atoms with E-state index >= 15 is 0 Å². The first-order chi connectivity index (χ1) is 9.77. The van der Waals surface area contributed by atoms with Crippen LogP contribution in [-0.4, -0.2) is 25.4 Å². The van der Waals surface area contributed by atoms with Gasteiger partial charge in [-0.05, 0) is 30.7 Å². The van der Waals surface area contributed by atoms with Gasteiger partial charge in [0.2, 0.25) is 0 Å². The number of aromatic nitrogens is 1. The minimum atomic E-state index is -3.81. The fraction of sp³-hybridized carbons (Fsp3) is 0.643. The second kappa shape index (κ2) is 6.40. The molecule has 0 bridgehead atoms. The number of rotatable bonds is 4. The minimum Gasteiger partial charge on any atom is -0.350 e. The van der Waals surface area contributed by atoms with Crippen molar-refractivity contribution in [1.29, 1.82) is 0 Å². The van der Waals surface area contributed by atoms with Gasteiger partial charge in [-0.3, -0.25) is 4.79 Å². The summed E-state index contributed by atoms with van der Waals surface area (Å²) in [6.45, 7) is 2.90. The lowest BCUT2D eigenvalue weighted by Gasteiger charge is -2.26. The van der Waals surface area contributed by atoms with Gasteiger partial charge in [0.05, 0.1) is 0 Å². The van der Waals surface area contributed by atoms with Crippen LogP contribution in [0.1, 0.15) is 43.1 Å². The molecule has 0 unspecified atom stereocenters. The maximum atomic E-state index is 12.1. The molecule has 0 spiro atoms. The molecule has 1 N–H and O–H groups in total. The summed E-state index contributed by atoms with van der Waals surface area (Å²) in [4.78, 5) is 12.1. The molecule has 1 fully saturated rings. The highest BCUT2D eigenvalue weighted by molar-refractivity contribution is 8.13. The van der Waals surface area contributed by atoms with E-state index in [2.05, 4.69) is 12.2 Å². The molecule has 1 aromatic heterocycles. The Morgan fingerprint density at radius 1 is 1.38 bits per heavy atom. The number of amides is 1. The SMILES string of the molecule is CC1CCC(CNC(=O)c2cc(S(=O)(=O)Cl)cn2C)CC1. The van der Waals surface area contributed by atoms with Crippen molar-refractivity contribution in [2.24, 2.45) is 18.9 Å². The van der Waals surface area contributed by atoms with Crippen molar-refractivity contribution in [3.63, 3.8) is 0 Å². The van der Waals surface area contributed by atoms with Crippen molar-refractivity contribution in [3.05, 3.63) is 18.0 Å².